The van der Waals surface area contributed by atoms with E-state index in [-0.39, 0.29) is 19.6 Å². The minimum atomic E-state index is -0.806. The summed E-state index contributed by atoms with van der Waals surface area (Å²) in [6, 6.07) is 0. The first-order chi connectivity index (χ1) is 8.06. The molecule has 0 spiro atoms. The molecule has 6 nitrogen and oxygen atoms in total. The number of carbonyl (C=O) groups excluding carboxylic acids is 3. The van der Waals surface area contributed by atoms with Crippen molar-refractivity contribution in [2.45, 2.75) is 33.6 Å². The lowest BCUT2D eigenvalue weighted by Crippen LogP contribution is -2.41. The average Bonchev–Trinajstić information content (AvgIpc) is 2.26. The zero-order valence-electron chi connectivity index (χ0n) is 10.5. The van der Waals surface area contributed by atoms with Crippen molar-refractivity contribution in [3.63, 3.8) is 0 Å². The molecule has 0 saturated carbocycles. The summed E-state index contributed by atoms with van der Waals surface area (Å²) in [6.07, 6.45) is -0.0190. The molecule has 0 saturated heterocycles. The van der Waals surface area contributed by atoms with Crippen LogP contribution in [0.4, 0.5) is 4.79 Å². The van der Waals surface area contributed by atoms with Gasteiger partial charge in [0.1, 0.15) is 6.54 Å². The average molecular weight is 245 g/mol. The SMILES string of the molecule is CCCC(=O)N(CC(=O)OCC)C(=O)OCC. The van der Waals surface area contributed by atoms with E-state index in [4.69, 9.17) is 4.74 Å². The topological polar surface area (TPSA) is 72.9 Å². The van der Waals surface area contributed by atoms with Gasteiger partial charge in [-0.3, -0.25) is 9.59 Å². The number of hydrogen-bond acceptors (Lipinski definition) is 5. The van der Waals surface area contributed by atoms with Gasteiger partial charge in [-0.05, 0) is 20.3 Å². The molecule has 0 aliphatic heterocycles. The van der Waals surface area contributed by atoms with Gasteiger partial charge in [0.05, 0.1) is 13.2 Å². The Labute approximate surface area is 101 Å². The number of nitrogens with zero attached hydrogens (tertiary/aromatic N) is 1. The highest BCUT2D eigenvalue weighted by molar-refractivity contribution is 5.95. The highest BCUT2D eigenvalue weighted by Gasteiger charge is 2.25. The molecular formula is C11H19NO5. The first-order valence-electron chi connectivity index (χ1n) is 5.69. The Balaban J connectivity index is 4.55. The van der Waals surface area contributed by atoms with E-state index in [1.54, 1.807) is 13.8 Å². The molecule has 17 heavy (non-hydrogen) atoms. The summed E-state index contributed by atoms with van der Waals surface area (Å²) in [5.41, 5.74) is 0. The second-order valence-corrected chi connectivity index (χ2v) is 3.23. The van der Waals surface area contributed by atoms with Crippen molar-refractivity contribution in [3.8, 4) is 0 Å². The van der Waals surface area contributed by atoms with Crippen molar-refractivity contribution in [1.82, 2.24) is 4.90 Å². The molecule has 2 amide bonds. The van der Waals surface area contributed by atoms with Gasteiger partial charge in [0, 0.05) is 6.42 Å². The van der Waals surface area contributed by atoms with E-state index in [1.807, 2.05) is 6.92 Å². The van der Waals surface area contributed by atoms with Crippen LogP contribution >= 0.6 is 0 Å². The summed E-state index contributed by atoms with van der Waals surface area (Å²) in [5, 5.41) is 0. The van der Waals surface area contributed by atoms with E-state index >= 15 is 0 Å². The maximum Gasteiger partial charge on any atom is 0.417 e. The van der Waals surface area contributed by atoms with E-state index in [0.29, 0.717) is 6.42 Å². The van der Waals surface area contributed by atoms with Gasteiger partial charge in [-0.1, -0.05) is 6.92 Å². The molecule has 0 radical (unpaired) electrons. The highest BCUT2D eigenvalue weighted by atomic mass is 16.6. The molecule has 0 aromatic rings. The molecule has 0 atom stereocenters. The summed E-state index contributed by atoms with van der Waals surface area (Å²) in [6.45, 7) is 5.05. The van der Waals surface area contributed by atoms with Crippen LogP contribution in [0.5, 0.6) is 0 Å². The molecule has 0 bridgehead atoms. The molecule has 0 aromatic carbocycles. The normalized spacial score (nSPS) is 9.59. The van der Waals surface area contributed by atoms with Gasteiger partial charge in [-0.25, -0.2) is 9.69 Å². The van der Waals surface area contributed by atoms with E-state index in [9.17, 15) is 14.4 Å². The van der Waals surface area contributed by atoms with E-state index < -0.39 is 24.5 Å². The number of imide groups is 1. The summed E-state index contributed by atoms with van der Waals surface area (Å²) in [4.78, 5) is 35.1. The van der Waals surface area contributed by atoms with Gasteiger partial charge in [0.2, 0.25) is 5.91 Å². The van der Waals surface area contributed by atoms with Crippen LogP contribution in [0.1, 0.15) is 33.6 Å². The lowest BCUT2D eigenvalue weighted by atomic mass is 10.3. The molecule has 0 unspecified atom stereocenters. The number of ether oxygens (including phenoxy) is 2. The van der Waals surface area contributed by atoms with Gasteiger partial charge < -0.3 is 9.47 Å². The maximum absolute atomic E-state index is 11.6. The quantitative estimate of drug-likeness (QED) is 0.660. The van der Waals surface area contributed by atoms with Crippen LogP contribution in [-0.2, 0) is 19.1 Å². The number of amides is 2. The zero-order valence-corrected chi connectivity index (χ0v) is 10.5. The number of hydrogen-bond donors (Lipinski definition) is 0. The van der Waals surface area contributed by atoms with Crippen LogP contribution in [0.3, 0.4) is 0 Å². The molecule has 0 fully saturated rings. The second-order valence-electron chi connectivity index (χ2n) is 3.23. The number of esters is 1. The van der Waals surface area contributed by atoms with E-state index in [0.717, 1.165) is 4.90 Å². The fourth-order valence-corrected chi connectivity index (χ4v) is 1.14. The minimum absolute atomic E-state index is 0.150. The number of rotatable bonds is 6. The summed E-state index contributed by atoms with van der Waals surface area (Å²) in [5.74, 6) is -1.05. The second kappa shape index (κ2) is 8.55. The lowest BCUT2D eigenvalue weighted by Gasteiger charge is -2.18. The van der Waals surface area contributed by atoms with Crippen LogP contribution in [0, 0.1) is 0 Å². The maximum atomic E-state index is 11.6. The largest absolute Gasteiger partial charge is 0.465 e. The van der Waals surface area contributed by atoms with E-state index in [1.165, 1.54) is 0 Å². The van der Waals surface area contributed by atoms with Gasteiger partial charge >= 0.3 is 12.1 Å². The van der Waals surface area contributed by atoms with Gasteiger partial charge in [-0.2, -0.15) is 0 Å². The van der Waals surface area contributed by atoms with Crippen molar-refractivity contribution in [2.75, 3.05) is 19.8 Å². The summed E-state index contributed by atoms with van der Waals surface area (Å²) < 4.78 is 9.40. The molecule has 0 heterocycles. The monoisotopic (exact) mass is 245 g/mol. The molecule has 0 N–H and O–H groups in total. The Morgan fingerprint density at radius 3 is 2.06 bits per heavy atom. The third kappa shape index (κ3) is 5.89. The Bertz CT molecular complexity index is 259. The molecular weight excluding hydrogens is 226 g/mol. The molecule has 0 aliphatic carbocycles. The third-order valence-corrected chi connectivity index (χ3v) is 1.85. The van der Waals surface area contributed by atoms with Crippen molar-refractivity contribution in [2.24, 2.45) is 0 Å². The van der Waals surface area contributed by atoms with Crippen LogP contribution in [-0.4, -0.2) is 42.6 Å². The first kappa shape index (κ1) is 15.4. The molecule has 6 heteroatoms. The minimum Gasteiger partial charge on any atom is -0.465 e. The van der Waals surface area contributed by atoms with Crippen molar-refractivity contribution < 1.29 is 23.9 Å². The van der Waals surface area contributed by atoms with E-state index in [2.05, 4.69) is 4.74 Å². The first-order valence-corrected chi connectivity index (χ1v) is 5.69. The van der Waals surface area contributed by atoms with Crippen molar-refractivity contribution in [1.29, 1.82) is 0 Å². The zero-order chi connectivity index (χ0) is 13.3. The van der Waals surface area contributed by atoms with Gasteiger partial charge in [0.15, 0.2) is 0 Å². The molecule has 0 rings (SSSR count). The smallest absolute Gasteiger partial charge is 0.417 e. The summed E-state index contributed by atoms with van der Waals surface area (Å²) >= 11 is 0. The molecule has 0 aliphatic rings. The molecule has 98 valence electrons. The molecule has 0 aromatic heterocycles. The predicted molar refractivity (Wildman–Crippen MR) is 60.3 cm³/mol. The lowest BCUT2D eigenvalue weighted by molar-refractivity contribution is -0.148. The third-order valence-electron chi connectivity index (χ3n) is 1.85. The highest BCUT2D eigenvalue weighted by Crippen LogP contribution is 2.02. The summed E-state index contributed by atoms with van der Waals surface area (Å²) in [7, 11) is 0. The fourth-order valence-electron chi connectivity index (χ4n) is 1.14. The Kier molecular flexibility index (Phi) is 7.75. The van der Waals surface area contributed by atoms with Crippen molar-refractivity contribution in [3.05, 3.63) is 0 Å². The van der Waals surface area contributed by atoms with Crippen molar-refractivity contribution >= 4 is 18.0 Å². The Morgan fingerprint density at radius 1 is 1.00 bits per heavy atom. The number of carbonyl (C=O) groups is 3. The Hall–Kier alpha value is -1.59. The Morgan fingerprint density at radius 2 is 1.59 bits per heavy atom. The van der Waals surface area contributed by atoms with Gasteiger partial charge in [0.25, 0.3) is 0 Å². The van der Waals surface area contributed by atoms with Gasteiger partial charge in [-0.15, -0.1) is 0 Å². The standard InChI is InChI=1S/C11H19NO5/c1-4-7-9(13)12(11(15)17-6-3)8-10(14)16-5-2/h4-8H2,1-3H3. The predicted octanol–water partition coefficient (Wildman–Crippen LogP) is 1.33. The van der Waals surface area contributed by atoms with Crippen LogP contribution in [0.15, 0.2) is 0 Å². The van der Waals surface area contributed by atoms with Crippen LogP contribution < -0.4 is 0 Å². The fraction of sp³-hybridized carbons (Fsp3) is 0.727. The van der Waals surface area contributed by atoms with Crippen LogP contribution in [0.25, 0.3) is 0 Å². The van der Waals surface area contributed by atoms with Crippen LogP contribution in [0.2, 0.25) is 0 Å².